The minimum atomic E-state index is -4.74. The maximum atomic E-state index is 12.6. The van der Waals surface area contributed by atoms with Crippen LogP contribution in [0.25, 0.3) is 0 Å². The van der Waals surface area contributed by atoms with E-state index in [1.165, 1.54) is 12.1 Å². The number of halogens is 2. The Hall–Kier alpha value is -2.23. The molecule has 0 atom stereocenters. The average Bonchev–Trinajstić information content (AvgIpc) is 2.55. The predicted molar refractivity (Wildman–Crippen MR) is 85.2 cm³/mol. The molecule has 2 rings (SSSR count). The molecule has 0 aromatic heterocycles. The number of alkyl halides is 2. The van der Waals surface area contributed by atoms with Crippen LogP contribution in [0.4, 0.5) is 19.3 Å². The van der Waals surface area contributed by atoms with E-state index in [0.29, 0.717) is 25.7 Å². The van der Waals surface area contributed by atoms with Crippen LogP contribution in [0, 0.1) is 5.92 Å². The van der Waals surface area contributed by atoms with E-state index >= 15 is 0 Å². The number of anilines is 1. The smallest absolute Gasteiger partial charge is 0.341 e. The van der Waals surface area contributed by atoms with Crippen LogP contribution in [0.1, 0.15) is 25.7 Å². The van der Waals surface area contributed by atoms with Gasteiger partial charge in [-0.1, -0.05) is 6.07 Å². The summed E-state index contributed by atoms with van der Waals surface area (Å²) in [6, 6.07) is 3.82. The third kappa shape index (κ3) is 4.88. The molecule has 1 fully saturated rings. The summed E-state index contributed by atoms with van der Waals surface area (Å²) in [4.78, 5) is 22.3. The Kier molecular flexibility index (Phi) is 5.93. The van der Waals surface area contributed by atoms with Crippen molar-refractivity contribution in [1.29, 1.82) is 0 Å². The van der Waals surface area contributed by atoms with E-state index in [0.717, 1.165) is 12.1 Å². The standard InChI is InChI=1S/C15H18F2N2O5S/c16-14(17)25(23,24)12-3-1-2-11(8-12)19-15(22)18-10-6-4-9(5-7-10)13(20)21/h1-3,8-10,14H,4-7H2,(H,20,21)(H2,18,19,22). The minimum Gasteiger partial charge on any atom is -0.481 e. The van der Waals surface area contributed by atoms with E-state index in [2.05, 4.69) is 10.6 Å². The molecule has 25 heavy (non-hydrogen) atoms. The van der Waals surface area contributed by atoms with Gasteiger partial charge in [-0.25, -0.2) is 13.2 Å². The maximum Gasteiger partial charge on any atom is 0.341 e. The molecule has 10 heteroatoms. The number of carbonyl (C=O) groups is 2. The van der Waals surface area contributed by atoms with Crippen molar-refractivity contribution in [2.45, 2.75) is 42.4 Å². The second kappa shape index (κ2) is 7.77. The van der Waals surface area contributed by atoms with Crippen molar-refractivity contribution in [1.82, 2.24) is 5.32 Å². The van der Waals surface area contributed by atoms with Gasteiger partial charge in [0.1, 0.15) is 0 Å². The van der Waals surface area contributed by atoms with Crippen molar-refractivity contribution in [3.05, 3.63) is 24.3 Å². The highest BCUT2D eigenvalue weighted by Gasteiger charge is 2.28. The second-order valence-corrected chi connectivity index (χ2v) is 7.74. The lowest BCUT2D eigenvalue weighted by Gasteiger charge is -2.26. The number of carbonyl (C=O) groups excluding carboxylic acids is 1. The van der Waals surface area contributed by atoms with Crippen LogP contribution >= 0.6 is 0 Å². The summed E-state index contributed by atoms with van der Waals surface area (Å²) in [6.45, 7) is 0. The summed E-state index contributed by atoms with van der Waals surface area (Å²) in [6.07, 6.45) is 1.96. The van der Waals surface area contributed by atoms with E-state index in [-0.39, 0.29) is 11.7 Å². The van der Waals surface area contributed by atoms with Gasteiger partial charge in [-0.05, 0) is 43.9 Å². The number of benzene rings is 1. The molecule has 2 amide bonds. The Morgan fingerprint density at radius 3 is 2.36 bits per heavy atom. The largest absolute Gasteiger partial charge is 0.481 e. The summed E-state index contributed by atoms with van der Waals surface area (Å²) in [5.41, 5.74) is 0.0680. The van der Waals surface area contributed by atoms with Crippen LogP contribution < -0.4 is 10.6 Å². The molecule has 0 unspecified atom stereocenters. The summed E-state index contributed by atoms with van der Waals surface area (Å²) >= 11 is 0. The first-order valence-corrected chi connectivity index (χ1v) is 9.17. The Balaban J connectivity index is 1.94. The molecular weight excluding hydrogens is 358 g/mol. The monoisotopic (exact) mass is 376 g/mol. The van der Waals surface area contributed by atoms with Crippen LogP contribution in [0.5, 0.6) is 0 Å². The van der Waals surface area contributed by atoms with Crippen LogP contribution in [0.3, 0.4) is 0 Å². The molecule has 0 bridgehead atoms. The maximum absolute atomic E-state index is 12.6. The number of urea groups is 1. The fourth-order valence-corrected chi connectivity index (χ4v) is 3.46. The van der Waals surface area contributed by atoms with Crippen LogP contribution in [-0.2, 0) is 14.6 Å². The van der Waals surface area contributed by atoms with Gasteiger partial charge >= 0.3 is 17.8 Å². The third-order valence-corrected chi connectivity index (χ3v) is 5.45. The first kappa shape index (κ1) is 19.1. The van der Waals surface area contributed by atoms with Gasteiger partial charge < -0.3 is 15.7 Å². The van der Waals surface area contributed by atoms with E-state index in [1.54, 1.807) is 0 Å². The highest BCUT2D eigenvalue weighted by atomic mass is 32.2. The molecule has 1 aromatic rings. The predicted octanol–water partition coefficient (Wildman–Crippen LogP) is 2.45. The van der Waals surface area contributed by atoms with Crippen molar-refractivity contribution >= 4 is 27.5 Å². The number of amides is 2. The van der Waals surface area contributed by atoms with Gasteiger partial charge in [0.25, 0.3) is 0 Å². The lowest BCUT2D eigenvalue weighted by molar-refractivity contribution is -0.142. The van der Waals surface area contributed by atoms with Gasteiger partial charge in [-0.2, -0.15) is 8.78 Å². The van der Waals surface area contributed by atoms with E-state index in [9.17, 15) is 26.8 Å². The van der Waals surface area contributed by atoms with Crippen LogP contribution in [-0.4, -0.2) is 37.3 Å². The van der Waals surface area contributed by atoms with Crippen molar-refractivity contribution in [3.63, 3.8) is 0 Å². The van der Waals surface area contributed by atoms with Crippen LogP contribution in [0.15, 0.2) is 29.2 Å². The van der Waals surface area contributed by atoms with Gasteiger partial charge in [-0.3, -0.25) is 4.79 Å². The number of aliphatic carboxylic acids is 1. The highest BCUT2D eigenvalue weighted by molar-refractivity contribution is 7.91. The van der Waals surface area contributed by atoms with E-state index in [1.807, 2.05) is 0 Å². The number of nitrogens with one attached hydrogen (secondary N) is 2. The number of hydrogen-bond acceptors (Lipinski definition) is 4. The Labute approximate surface area is 143 Å². The Bertz CT molecular complexity index is 746. The lowest BCUT2D eigenvalue weighted by atomic mass is 9.86. The second-order valence-electron chi connectivity index (χ2n) is 5.82. The van der Waals surface area contributed by atoms with Gasteiger partial charge in [0.2, 0.25) is 9.84 Å². The fraction of sp³-hybridized carbons (Fsp3) is 0.467. The number of carboxylic acids is 1. The molecule has 1 saturated carbocycles. The topological polar surface area (TPSA) is 113 Å². The molecule has 7 nitrogen and oxygen atoms in total. The zero-order valence-electron chi connectivity index (χ0n) is 13.1. The van der Waals surface area contributed by atoms with Gasteiger partial charge in [0, 0.05) is 11.7 Å². The summed E-state index contributed by atoms with van der Waals surface area (Å²) in [5.74, 6) is -4.79. The van der Waals surface area contributed by atoms with Gasteiger partial charge in [-0.15, -0.1) is 0 Å². The average molecular weight is 376 g/mol. The SMILES string of the molecule is O=C(Nc1cccc(S(=O)(=O)C(F)F)c1)NC1CCC(C(=O)O)CC1. The zero-order chi connectivity index (χ0) is 18.6. The minimum absolute atomic E-state index is 0.0680. The first-order valence-electron chi connectivity index (χ1n) is 7.62. The molecule has 0 saturated heterocycles. The van der Waals surface area contributed by atoms with Gasteiger partial charge in [0.05, 0.1) is 10.8 Å². The normalized spacial score (nSPS) is 20.9. The van der Waals surface area contributed by atoms with E-state index < -0.39 is 38.4 Å². The molecule has 1 aliphatic rings. The van der Waals surface area contributed by atoms with Crippen molar-refractivity contribution < 1.29 is 31.9 Å². The fourth-order valence-electron chi connectivity index (χ4n) is 2.69. The number of rotatable bonds is 5. The summed E-state index contributed by atoms with van der Waals surface area (Å²) < 4.78 is 48.0. The van der Waals surface area contributed by atoms with E-state index in [4.69, 9.17) is 5.11 Å². The van der Waals surface area contributed by atoms with Gasteiger partial charge in [0.15, 0.2) is 0 Å². The molecule has 1 aliphatic carbocycles. The zero-order valence-corrected chi connectivity index (χ0v) is 13.9. The van der Waals surface area contributed by atoms with Crippen molar-refractivity contribution in [2.75, 3.05) is 5.32 Å². The lowest BCUT2D eigenvalue weighted by Crippen LogP contribution is -2.41. The third-order valence-electron chi connectivity index (χ3n) is 4.07. The number of hydrogen-bond donors (Lipinski definition) is 3. The number of carboxylic acid groups (broad SMARTS) is 1. The quantitative estimate of drug-likeness (QED) is 0.731. The molecule has 1 aromatic carbocycles. The molecule has 138 valence electrons. The molecule has 0 aliphatic heterocycles. The first-order chi connectivity index (χ1) is 11.7. The molecule has 0 radical (unpaired) electrons. The molecule has 0 heterocycles. The van der Waals surface area contributed by atoms with Crippen LogP contribution in [0.2, 0.25) is 0 Å². The Morgan fingerprint density at radius 1 is 1.16 bits per heavy atom. The Morgan fingerprint density at radius 2 is 1.80 bits per heavy atom. The summed E-state index contributed by atoms with van der Waals surface area (Å²) in [7, 11) is -4.74. The highest BCUT2D eigenvalue weighted by Crippen LogP contribution is 2.25. The van der Waals surface area contributed by atoms with Crippen molar-refractivity contribution in [3.8, 4) is 0 Å². The molecular formula is C15H18F2N2O5S. The number of sulfone groups is 1. The molecule has 0 spiro atoms. The molecule has 3 N–H and O–H groups in total. The summed E-state index contributed by atoms with van der Waals surface area (Å²) in [5, 5.41) is 14.0. The van der Waals surface area contributed by atoms with Crippen molar-refractivity contribution in [2.24, 2.45) is 5.92 Å².